The predicted octanol–water partition coefficient (Wildman–Crippen LogP) is 1.03. The molecule has 0 fully saturated rings. The van der Waals surface area contributed by atoms with Crippen LogP contribution in [0.1, 0.15) is 5.56 Å². The molecular formula is C8H6N3. The van der Waals surface area contributed by atoms with Gasteiger partial charge in [-0.25, -0.2) is 10.3 Å². The lowest BCUT2D eigenvalue weighted by Gasteiger charge is -1.93. The van der Waals surface area contributed by atoms with E-state index < -0.39 is 0 Å². The second-order valence-electron chi connectivity index (χ2n) is 2.15. The highest BCUT2D eigenvalue weighted by Crippen LogP contribution is 2.14. The van der Waals surface area contributed by atoms with E-state index in [4.69, 9.17) is 0 Å². The van der Waals surface area contributed by atoms with Crippen LogP contribution < -0.4 is 5.32 Å². The Balaban J connectivity index is 2.37. The van der Waals surface area contributed by atoms with Gasteiger partial charge in [-0.2, -0.15) is 0 Å². The first kappa shape index (κ1) is 6.09. The summed E-state index contributed by atoms with van der Waals surface area (Å²) in [7, 11) is 0. The average molecular weight is 144 g/mol. The second kappa shape index (κ2) is 2.54. The molecule has 0 spiro atoms. The second-order valence-corrected chi connectivity index (χ2v) is 2.15. The smallest absolute Gasteiger partial charge is 0.116 e. The van der Waals surface area contributed by atoms with Crippen LogP contribution in [0.5, 0.6) is 0 Å². The van der Waals surface area contributed by atoms with Crippen LogP contribution >= 0.6 is 0 Å². The average Bonchev–Trinajstić information content (AvgIpc) is 2.58. The van der Waals surface area contributed by atoms with Crippen LogP contribution in [0, 0.1) is 0 Å². The molecule has 0 saturated carbocycles. The third-order valence-corrected chi connectivity index (χ3v) is 1.42. The van der Waals surface area contributed by atoms with Gasteiger partial charge in [0.2, 0.25) is 0 Å². The molecule has 2 heterocycles. The van der Waals surface area contributed by atoms with E-state index in [1.165, 1.54) is 6.34 Å². The quantitative estimate of drug-likeness (QED) is 0.580. The van der Waals surface area contributed by atoms with E-state index >= 15 is 0 Å². The first-order chi connectivity index (χ1) is 5.47. The van der Waals surface area contributed by atoms with E-state index in [1.54, 1.807) is 18.6 Å². The lowest BCUT2D eigenvalue weighted by Crippen LogP contribution is -1.81. The molecule has 1 aliphatic heterocycles. The van der Waals surface area contributed by atoms with Gasteiger partial charge in [0.05, 0.1) is 11.9 Å². The van der Waals surface area contributed by atoms with Gasteiger partial charge in [0.15, 0.2) is 0 Å². The predicted molar refractivity (Wildman–Crippen MR) is 42.8 cm³/mol. The molecule has 0 atom stereocenters. The first-order valence-corrected chi connectivity index (χ1v) is 3.30. The van der Waals surface area contributed by atoms with Crippen molar-refractivity contribution in [2.45, 2.75) is 0 Å². The molecule has 1 aromatic rings. The van der Waals surface area contributed by atoms with Crippen molar-refractivity contribution in [1.82, 2.24) is 10.3 Å². The van der Waals surface area contributed by atoms with Crippen molar-refractivity contribution < 1.29 is 0 Å². The van der Waals surface area contributed by atoms with Crippen molar-refractivity contribution >= 4 is 12.0 Å². The zero-order valence-electron chi connectivity index (χ0n) is 5.81. The molecule has 1 aliphatic rings. The fourth-order valence-corrected chi connectivity index (χ4v) is 0.896. The van der Waals surface area contributed by atoms with Gasteiger partial charge < -0.3 is 0 Å². The summed E-state index contributed by atoms with van der Waals surface area (Å²) >= 11 is 0. The number of rotatable bonds is 1. The fraction of sp³-hybridized carbons (Fsp3) is 0. The Kier molecular flexibility index (Phi) is 1.41. The van der Waals surface area contributed by atoms with E-state index in [1.807, 2.05) is 12.1 Å². The Morgan fingerprint density at radius 2 is 2.27 bits per heavy atom. The largest absolute Gasteiger partial charge is 0.264 e. The number of nitrogens with zero attached hydrogens (tertiary/aromatic N) is 3. The maximum absolute atomic E-state index is 4.04. The topological polar surface area (TPSA) is 39.4 Å². The van der Waals surface area contributed by atoms with Crippen LogP contribution in [0.4, 0.5) is 0 Å². The van der Waals surface area contributed by atoms with Gasteiger partial charge >= 0.3 is 0 Å². The Hall–Kier alpha value is -1.64. The fourth-order valence-electron chi connectivity index (χ4n) is 0.896. The molecule has 2 rings (SSSR count). The Morgan fingerprint density at radius 1 is 1.27 bits per heavy atom. The Labute approximate surface area is 64.5 Å². The zero-order chi connectivity index (χ0) is 7.52. The standard InChI is InChI=1S/C8H6N3/c1-2-7(4-9-3-1)8-5-10-6-11-8/h1-6H. The maximum atomic E-state index is 4.04. The van der Waals surface area contributed by atoms with Crippen LogP contribution in [0.15, 0.2) is 35.7 Å². The number of pyridine rings is 1. The van der Waals surface area contributed by atoms with E-state index in [2.05, 4.69) is 15.3 Å². The Morgan fingerprint density at radius 3 is 2.91 bits per heavy atom. The molecule has 0 saturated heterocycles. The van der Waals surface area contributed by atoms with E-state index in [0.717, 1.165) is 11.3 Å². The highest BCUT2D eigenvalue weighted by Gasteiger charge is 2.01. The van der Waals surface area contributed by atoms with Gasteiger partial charge in [0.1, 0.15) is 6.34 Å². The molecule has 0 bridgehead atoms. The van der Waals surface area contributed by atoms with Crippen molar-refractivity contribution in [3.63, 3.8) is 0 Å². The highest BCUT2D eigenvalue weighted by atomic mass is 15.0. The lowest BCUT2D eigenvalue weighted by atomic mass is 10.2. The van der Waals surface area contributed by atoms with E-state index in [-0.39, 0.29) is 0 Å². The van der Waals surface area contributed by atoms with E-state index in [9.17, 15) is 0 Å². The van der Waals surface area contributed by atoms with Crippen molar-refractivity contribution in [2.75, 3.05) is 0 Å². The van der Waals surface area contributed by atoms with Gasteiger partial charge in [0.25, 0.3) is 0 Å². The first-order valence-electron chi connectivity index (χ1n) is 3.30. The molecular weight excluding hydrogens is 138 g/mol. The zero-order valence-corrected chi connectivity index (χ0v) is 5.81. The number of hydrogen-bond acceptors (Lipinski definition) is 2. The van der Waals surface area contributed by atoms with Gasteiger partial charge in [0, 0.05) is 18.0 Å². The normalized spacial score (nSPS) is 14.4. The summed E-state index contributed by atoms with van der Waals surface area (Å²) in [6, 6.07) is 3.83. The van der Waals surface area contributed by atoms with Crippen LogP contribution in [0.3, 0.4) is 0 Å². The summed E-state index contributed by atoms with van der Waals surface area (Å²) in [6.45, 7) is 0. The lowest BCUT2D eigenvalue weighted by molar-refractivity contribution is 1.29. The molecule has 3 nitrogen and oxygen atoms in total. The van der Waals surface area contributed by atoms with Crippen molar-refractivity contribution in [1.29, 1.82) is 0 Å². The summed E-state index contributed by atoms with van der Waals surface area (Å²) < 4.78 is 0. The van der Waals surface area contributed by atoms with Gasteiger partial charge in [-0.3, -0.25) is 4.98 Å². The summed E-state index contributed by atoms with van der Waals surface area (Å²) in [5, 5.41) is 3.86. The third-order valence-electron chi connectivity index (χ3n) is 1.42. The SMILES string of the molecule is C1=NC(c2cccnc2)=C[N]1. The minimum atomic E-state index is 0.873. The van der Waals surface area contributed by atoms with Gasteiger partial charge in [-0.15, -0.1) is 0 Å². The monoisotopic (exact) mass is 144 g/mol. The molecule has 1 radical (unpaired) electrons. The van der Waals surface area contributed by atoms with Crippen LogP contribution in [0.2, 0.25) is 0 Å². The van der Waals surface area contributed by atoms with Crippen LogP contribution in [0.25, 0.3) is 5.70 Å². The third kappa shape index (κ3) is 1.12. The molecule has 53 valence electrons. The molecule has 3 heteroatoms. The van der Waals surface area contributed by atoms with Crippen molar-refractivity contribution in [3.8, 4) is 0 Å². The van der Waals surface area contributed by atoms with Crippen molar-refractivity contribution in [3.05, 3.63) is 36.3 Å². The summed E-state index contributed by atoms with van der Waals surface area (Å²) in [5.74, 6) is 0. The molecule has 0 amide bonds. The summed E-state index contributed by atoms with van der Waals surface area (Å²) in [6.07, 6.45) is 6.75. The minimum Gasteiger partial charge on any atom is -0.264 e. The molecule has 0 aliphatic carbocycles. The minimum absolute atomic E-state index is 0.873. The number of hydrogen-bond donors (Lipinski definition) is 0. The van der Waals surface area contributed by atoms with E-state index in [0.29, 0.717) is 0 Å². The molecule has 0 unspecified atom stereocenters. The molecule has 0 N–H and O–H groups in total. The number of aliphatic imine (C=N–C) groups is 1. The van der Waals surface area contributed by atoms with Crippen LogP contribution in [-0.4, -0.2) is 11.3 Å². The Bertz CT molecular complexity index is 300. The summed E-state index contributed by atoms with van der Waals surface area (Å²) in [5.41, 5.74) is 1.88. The number of aromatic nitrogens is 1. The van der Waals surface area contributed by atoms with Crippen LogP contribution in [-0.2, 0) is 0 Å². The molecule has 0 aromatic carbocycles. The maximum Gasteiger partial charge on any atom is 0.116 e. The van der Waals surface area contributed by atoms with Crippen molar-refractivity contribution in [2.24, 2.45) is 4.99 Å². The van der Waals surface area contributed by atoms with Gasteiger partial charge in [-0.1, -0.05) is 0 Å². The summed E-state index contributed by atoms with van der Waals surface area (Å²) in [4.78, 5) is 8.01. The van der Waals surface area contributed by atoms with Gasteiger partial charge in [-0.05, 0) is 12.1 Å². The highest BCUT2D eigenvalue weighted by molar-refractivity contribution is 5.78. The molecule has 11 heavy (non-hydrogen) atoms. The molecule has 1 aromatic heterocycles.